The van der Waals surface area contributed by atoms with Crippen molar-refractivity contribution >= 4 is 35.0 Å². The van der Waals surface area contributed by atoms with Gasteiger partial charge in [0, 0.05) is 6.42 Å². The second-order valence-corrected chi connectivity index (χ2v) is 5.77. The first-order chi connectivity index (χ1) is 9.99. The molecule has 0 spiro atoms. The smallest absolute Gasteiger partial charge is 0.322 e. The molecule has 0 amide bonds. The maximum atomic E-state index is 12.3. The normalized spacial score (nSPS) is 22.1. The summed E-state index contributed by atoms with van der Waals surface area (Å²) in [5.74, 6) is -0.695. The molecule has 1 aromatic rings. The van der Waals surface area contributed by atoms with E-state index in [-0.39, 0.29) is 31.8 Å². The predicted molar refractivity (Wildman–Crippen MR) is 79.7 cm³/mol. The molecule has 0 radical (unpaired) electrons. The summed E-state index contributed by atoms with van der Waals surface area (Å²) in [6.07, 6.45) is 0.404. The van der Waals surface area contributed by atoms with E-state index in [0.29, 0.717) is 16.7 Å². The molecule has 114 valence electrons. The highest BCUT2D eigenvalue weighted by atomic mass is 35.5. The molecule has 21 heavy (non-hydrogen) atoms. The lowest BCUT2D eigenvalue weighted by atomic mass is 9.76. The molecule has 0 aliphatic carbocycles. The van der Waals surface area contributed by atoms with Gasteiger partial charge in [0.15, 0.2) is 11.2 Å². The highest BCUT2D eigenvalue weighted by molar-refractivity contribution is 6.42. The standard InChI is InChI=1S/C15H16Cl2O4/c1-2-21-14(19)15(9-20-6-5-13(15)18)8-10-3-4-11(16)12(17)7-10/h3-4,7H,2,5-6,8-9H2,1H3. The van der Waals surface area contributed by atoms with Gasteiger partial charge in [0.25, 0.3) is 0 Å². The second kappa shape index (κ2) is 6.77. The number of ketones is 1. The Kier molecular flexibility index (Phi) is 5.25. The summed E-state index contributed by atoms with van der Waals surface area (Å²) in [7, 11) is 0. The maximum absolute atomic E-state index is 12.3. The molecular formula is C15H16Cl2O4. The number of benzene rings is 1. The van der Waals surface area contributed by atoms with Crippen LogP contribution in [0.1, 0.15) is 18.9 Å². The molecule has 1 aliphatic heterocycles. The molecule has 1 fully saturated rings. The summed E-state index contributed by atoms with van der Waals surface area (Å²) in [4.78, 5) is 24.7. The molecule has 1 unspecified atom stereocenters. The lowest BCUT2D eigenvalue weighted by Gasteiger charge is -2.33. The van der Waals surface area contributed by atoms with Crippen molar-refractivity contribution in [2.45, 2.75) is 19.8 Å². The largest absolute Gasteiger partial charge is 0.465 e. The van der Waals surface area contributed by atoms with Gasteiger partial charge in [0.05, 0.1) is 29.9 Å². The Bertz CT molecular complexity index is 559. The van der Waals surface area contributed by atoms with E-state index in [9.17, 15) is 9.59 Å². The molecule has 4 nitrogen and oxygen atoms in total. The Labute approximate surface area is 133 Å². The average molecular weight is 331 g/mol. The topological polar surface area (TPSA) is 52.6 Å². The summed E-state index contributed by atoms with van der Waals surface area (Å²) in [6, 6.07) is 5.05. The summed E-state index contributed by atoms with van der Waals surface area (Å²) in [5.41, 5.74) is -0.540. The van der Waals surface area contributed by atoms with Gasteiger partial charge in [-0.1, -0.05) is 29.3 Å². The molecule has 0 N–H and O–H groups in total. The first kappa shape index (κ1) is 16.3. The minimum absolute atomic E-state index is 0.0327. The van der Waals surface area contributed by atoms with Crippen molar-refractivity contribution in [2.75, 3.05) is 19.8 Å². The zero-order valence-electron chi connectivity index (χ0n) is 11.7. The number of hydrogen-bond donors (Lipinski definition) is 0. The Balaban J connectivity index is 2.33. The first-order valence-corrected chi connectivity index (χ1v) is 7.47. The zero-order valence-corrected chi connectivity index (χ0v) is 13.2. The van der Waals surface area contributed by atoms with Gasteiger partial charge >= 0.3 is 5.97 Å². The monoisotopic (exact) mass is 330 g/mol. The minimum atomic E-state index is -1.29. The average Bonchev–Trinajstić information content (AvgIpc) is 2.45. The van der Waals surface area contributed by atoms with Crippen LogP contribution < -0.4 is 0 Å². The van der Waals surface area contributed by atoms with Gasteiger partial charge in [-0.2, -0.15) is 0 Å². The molecule has 6 heteroatoms. The van der Waals surface area contributed by atoms with E-state index in [1.54, 1.807) is 25.1 Å². The molecule has 0 aromatic heterocycles. The lowest BCUT2D eigenvalue weighted by Crippen LogP contribution is -2.49. The Morgan fingerprint density at radius 2 is 2.14 bits per heavy atom. The zero-order chi connectivity index (χ0) is 15.5. The van der Waals surface area contributed by atoms with Crippen molar-refractivity contribution in [3.05, 3.63) is 33.8 Å². The van der Waals surface area contributed by atoms with Crippen LogP contribution >= 0.6 is 23.2 Å². The Morgan fingerprint density at radius 3 is 2.76 bits per heavy atom. The van der Waals surface area contributed by atoms with E-state index in [4.69, 9.17) is 32.7 Å². The number of Topliss-reactive ketones (excluding diaryl/α,β-unsaturated/α-hetero) is 1. The SMILES string of the molecule is CCOC(=O)C1(Cc2ccc(Cl)c(Cl)c2)COCCC1=O. The van der Waals surface area contributed by atoms with Crippen molar-refractivity contribution in [3.63, 3.8) is 0 Å². The molecule has 2 rings (SSSR count). The van der Waals surface area contributed by atoms with Crippen molar-refractivity contribution < 1.29 is 19.1 Å². The van der Waals surface area contributed by atoms with Crippen LogP contribution in [0.15, 0.2) is 18.2 Å². The fourth-order valence-electron chi connectivity index (χ4n) is 2.39. The maximum Gasteiger partial charge on any atom is 0.322 e. The molecule has 0 saturated carbocycles. The van der Waals surface area contributed by atoms with E-state index < -0.39 is 11.4 Å². The summed E-state index contributed by atoms with van der Waals surface area (Å²) in [6.45, 7) is 2.29. The summed E-state index contributed by atoms with van der Waals surface area (Å²) < 4.78 is 10.5. The van der Waals surface area contributed by atoms with Gasteiger partial charge in [-0.3, -0.25) is 9.59 Å². The number of rotatable bonds is 4. The highest BCUT2D eigenvalue weighted by Crippen LogP contribution is 2.33. The van der Waals surface area contributed by atoms with E-state index in [2.05, 4.69) is 0 Å². The molecule has 0 bridgehead atoms. The van der Waals surface area contributed by atoms with Crippen LogP contribution in [0.5, 0.6) is 0 Å². The van der Waals surface area contributed by atoms with Crippen LogP contribution in [0.25, 0.3) is 0 Å². The van der Waals surface area contributed by atoms with Crippen LogP contribution in [0, 0.1) is 5.41 Å². The number of carbonyl (C=O) groups excluding carboxylic acids is 2. The number of halogens is 2. The van der Waals surface area contributed by atoms with Gasteiger partial charge < -0.3 is 9.47 Å². The van der Waals surface area contributed by atoms with Crippen LogP contribution in [0.3, 0.4) is 0 Å². The molecule has 1 aromatic carbocycles. The van der Waals surface area contributed by atoms with Crippen molar-refractivity contribution in [3.8, 4) is 0 Å². The third kappa shape index (κ3) is 3.39. The van der Waals surface area contributed by atoms with Crippen molar-refractivity contribution in [1.82, 2.24) is 0 Å². The van der Waals surface area contributed by atoms with Gasteiger partial charge in [-0.15, -0.1) is 0 Å². The number of hydrogen-bond acceptors (Lipinski definition) is 4. The minimum Gasteiger partial charge on any atom is -0.465 e. The third-order valence-electron chi connectivity index (χ3n) is 3.51. The van der Waals surface area contributed by atoms with Gasteiger partial charge in [0.1, 0.15) is 0 Å². The van der Waals surface area contributed by atoms with Crippen LogP contribution in [0.4, 0.5) is 0 Å². The van der Waals surface area contributed by atoms with E-state index in [0.717, 1.165) is 5.56 Å². The summed E-state index contributed by atoms with van der Waals surface area (Å²) in [5, 5.41) is 0.814. The lowest BCUT2D eigenvalue weighted by molar-refractivity contribution is -0.169. The number of ether oxygens (including phenoxy) is 2. The van der Waals surface area contributed by atoms with Crippen molar-refractivity contribution in [1.29, 1.82) is 0 Å². The summed E-state index contributed by atoms with van der Waals surface area (Å²) >= 11 is 11.9. The Morgan fingerprint density at radius 1 is 1.38 bits per heavy atom. The van der Waals surface area contributed by atoms with Gasteiger partial charge in [-0.05, 0) is 31.0 Å². The molecule has 1 aliphatic rings. The van der Waals surface area contributed by atoms with E-state index >= 15 is 0 Å². The van der Waals surface area contributed by atoms with Crippen molar-refractivity contribution in [2.24, 2.45) is 5.41 Å². The number of carbonyl (C=O) groups is 2. The first-order valence-electron chi connectivity index (χ1n) is 6.72. The van der Waals surface area contributed by atoms with E-state index in [1.807, 2.05) is 0 Å². The highest BCUT2D eigenvalue weighted by Gasteiger charge is 2.49. The predicted octanol–water partition coefficient (Wildman–Crippen LogP) is 3.07. The molecule has 1 saturated heterocycles. The molecule has 1 heterocycles. The van der Waals surface area contributed by atoms with Crippen LogP contribution in [0.2, 0.25) is 10.0 Å². The number of esters is 1. The quantitative estimate of drug-likeness (QED) is 0.628. The molecule has 1 atom stereocenters. The van der Waals surface area contributed by atoms with E-state index in [1.165, 1.54) is 0 Å². The van der Waals surface area contributed by atoms with Crippen LogP contribution in [-0.2, 0) is 25.5 Å². The fraction of sp³-hybridized carbons (Fsp3) is 0.467. The van der Waals surface area contributed by atoms with Gasteiger partial charge in [0.2, 0.25) is 0 Å². The fourth-order valence-corrected chi connectivity index (χ4v) is 2.71. The second-order valence-electron chi connectivity index (χ2n) is 4.95. The third-order valence-corrected chi connectivity index (χ3v) is 4.25. The Hall–Kier alpha value is -1.10. The molecular weight excluding hydrogens is 315 g/mol. The van der Waals surface area contributed by atoms with Crippen LogP contribution in [-0.4, -0.2) is 31.6 Å². The van der Waals surface area contributed by atoms with Gasteiger partial charge in [-0.25, -0.2) is 0 Å².